The standard InChI is InChI=1S/C20H21N5O2/c1-20(2)11-17(16-5-3-4-6-18(16)27-20)22-19(26)15-9-7-14(8-10-15)12-25-13-21-23-24-25/h3-10,13,17H,11-12H2,1-2H3,(H,22,26). The third-order valence-corrected chi connectivity index (χ3v) is 4.63. The van der Waals surface area contributed by atoms with Crippen LogP contribution in [0.1, 0.15) is 47.8 Å². The molecule has 0 aliphatic carbocycles. The van der Waals surface area contributed by atoms with Gasteiger partial charge in [0.15, 0.2) is 0 Å². The van der Waals surface area contributed by atoms with Crippen molar-refractivity contribution in [1.29, 1.82) is 0 Å². The van der Waals surface area contributed by atoms with Crippen molar-refractivity contribution in [3.8, 4) is 5.75 Å². The Morgan fingerprint density at radius 3 is 2.74 bits per heavy atom. The number of fused-ring (bicyclic) bond motifs is 1. The Kier molecular flexibility index (Phi) is 4.35. The van der Waals surface area contributed by atoms with Gasteiger partial charge in [-0.05, 0) is 48.0 Å². The molecule has 1 atom stereocenters. The van der Waals surface area contributed by atoms with Crippen LogP contribution in [0.3, 0.4) is 0 Å². The summed E-state index contributed by atoms with van der Waals surface area (Å²) in [6.07, 6.45) is 2.28. The predicted molar refractivity (Wildman–Crippen MR) is 99.3 cm³/mol. The Morgan fingerprint density at radius 2 is 2.00 bits per heavy atom. The second-order valence-corrected chi connectivity index (χ2v) is 7.33. The quantitative estimate of drug-likeness (QED) is 0.771. The van der Waals surface area contributed by atoms with Crippen LogP contribution in [0, 0.1) is 0 Å². The van der Waals surface area contributed by atoms with Gasteiger partial charge in [0, 0.05) is 17.5 Å². The van der Waals surface area contributed by atoms with E-state index in [-0.39, 0.29) is 17.6 Å². The first-order chi connectivity index (χ1) is 13.0. The summed E-state index contributed by atoms with van der Waals surface area (Å²) in [4.78, 5) is 12.8. The van der Waals surface area contributed by atoms with Crippen LogP contribution in [-0.2, 0) is 6.54 Å². The van der Waals surface area contributed by atoms with Crippen molar-refractivity contribution in [2.75, 3.05) is 0 Å². The number of carbonyl (C=O) groups excluding carboxylic acids is 1. The van der Waals surface area contributed by atoms with E-state index in [0.29, 0.717) is 18.5 Å². The molecular formula is C20H21N5O2. The van der Waals surface area contributed by atoms with E-state index < -0.39 is 0 Å². The molecular weight excluding hydrogens is 342 g/mol. The molecule has 4 rings (SSSR count). The SMILES string of the molecule is CC1(C)CC(NC(=O)c2ccc(Cn3cnnn3)cc2)c2ccccc2O1. The highest BCUT2D eigenvalue weighted by atomic mass is 16.5. The van der Waals surface area contributed by atoms with Crippen molar-refractivity contribution in [3.63, 3.8) is 0 Å². The van der Waals surface area contributed by atoms with Gasteiger partial charge in [-0.25, -0.2) is 4.68 Å². The number of hydrogen-bond acceptors (Lipinski definition) is 5. The summed E-state index contributed by atoms with van der Waals surface area (Å²) in [5.41, 5.74) is 2.33. The van der Waals surface area contributed by atoms with Crippen LogP contribution in [0.5, 0.6) is 5.75 Å². The highest BCUT2D eigenvalue weighted by Gasteiger charge is 2.34. The fourth-order valence-corrected chi connectivity index (χ4v) is 3.37. The summed E-state index contributed by atoms with van der Waals surface area (Å²) in [5, 5.41) is 14.2. The number of hydrogen-bond donors (Lipinski definition) is 1. The second-order valence-electron chi connectivity index (χ2n) is 7.33. The van der Waals surface area contributed by atoms with Crippen LogP contribution in [-0.4, -0.2) is 31.7 Å². The molecule has 1 amide bonds. The first-order valence-corrected chi connectivity index (χ1v) is 8.89. The van der Waals surface area contributed by atoms with Crippen molar-refractivity contribution in [2.24, 2.45) is 0 Å². The number of amides is 1. The Labute approximate surface area is 157 Å². The summed E-state index contributed by atoms with van der Waals surface area (Å²) in [6, 6.07) is 15.3. The lowest BCUT2D eigenvalue weighted by molar-refractivity contribution is 0.0619. The Bertz CT molecular complexity index is 935. The Morgan fingerprint density at radius 1 is 1.22 bits per heavy atom. The number of benzene rings is 2. The van der Waals surface area contributed by atoms with Crippen molar-refractivity contribution >= 4 is 5.91 Å². The number of rotatable bonds is 4. The third kappa shape index (κ3) is 3.81. The largest absolute Gasteiger partial charge is 0.487 e. The fourth-order valence-electron chi connectivity index (χ4n) is 3.37. The number of aromatic nitrogens is 4. The topological polar surface area (TPSA) is 81.9 Å². The molecule has 1 aromatic heterocycles. The van der Waals surface area contributed by atoms with Gasteiger partial charge in [0.2, 0.25) is 0 Å². The van der Waals surface area contributed by atoms with Crippen LogP contribution in [0.25, 0.3) is 0 Å². The zero-order valence-corrected chi connectivity index (χ0v) is 15.3. The lowest BCUT2D eigenvalue weighted by atomic mass is 9.89. The number of carbonyl (C=O) groups is 1. The molecule has 2 aromatic carbocycles. The summed E-state index contributed by atoms with van der Waals surface area (Å²) in [7, 11) is 0. The van der Waals surface area contributed by atoms with Gasteiger partial charge in [0.25, 0.3) is 5.91 Å². The molecule has 1 aliphatic heterocycles. The van der Waals surface area contributed by atoms with Gasteiger partial charge in [-0.2, -0.15) is 0 Å². The third-order valence-electron chi connectivity index (χ3n) is 4.63. The highest BCUT2D eigenvalue weighted by molar-refractivity contribution is 5.94. The summed E-state index contributed by atoms with van der Waals surface area (Å²) >= 11 is 0. The maximum absolute atomic E-state index is 12.8. The van der Waals surface area contributed by atoms with Crippen molar-refractivity contribution in [3.05, 3.63) is 71.5 Å². The maximum atomic E-state index is 12.8. The number of tetrazole rings is 1. The minimum Gasteiger partial charge on any atom is -0.487 e. The minimum absolute atomic E-state index is 0.0849. The molecule has 0 fully saturated rings. The lowest BCUT2D eigenvalue weighted by Gasteiger charge is -2.37. The lowest BCUT2D eigenvalue weighted by Crippen LogP contribution is -2.41. The molecule has 138 valence electrons. The van der Waals surface area contributed by atoms with Crippen LogP contribution in [0.15, 0.2) is 54.9 Å². The van der Waals surface area contributed by atoms with E-state index in [1.165, 1.54) is 0 Å². The predicted octanol–water partition coefficient (Wildman–Crippen LogP) is 2.75. The molecule has 3 aromatic rings. The van der Waals surface area contributed by atoms with Gasteiger partial charge in [-0.1, -0.05) is 30.3 Å². The summed E-state index contributed by atoms with van der Waals surface area (Å²) in [5.74, 6) is 0.734. The zero-order chi connectivity index (χ0) is 18.9. The van der Waals surface area contributed by atoms with Crippen LogP contribution in [0.4, 0.5) is 0 Å². The van der Waals surface area contributed by atoms with Gasteiger partial charge in [0.1, 0.15) is 17.7 Å². The molecule has 0 spiro atoms. The molecule has 7 heteroatoms. The molecule has 0 bridgehead atoms. The molecule has 0 radical (unpaired) electrons. The fraction of sp³-hybridized carbons (Fsp3) is 0.300. The van der Waals surface area contributed by atoms with Gasteiger partial charge in [-0.3, -0.25) is 4.79 Å². The van der Waals surface area contributed by atoms with E-state index >= 15 is 0 Å². The summed E-state index contributed by atoms with van der Waals surface area (Å²) < 4.78 is 7.67. The van der Waals surface area contributed by atoms with Crippen molar-refractivity contribution in [1.82, 2.24) is 25.5 Å². The molecule has 27 heavy (non-hydrogen) atoms. The molecule has 1 unspecified atom stereocenters. The molecule has 0 saturated heterocycles. The van der Waals surface area contributed by atoms with Gasteiger partial charge >= 0.3 is 0 Å². The monoisotopic (exact) mass is 363 g/mol. The van der Waals surface area contributed by atoms with Crippen molar-refractivity contribution in [2.45, 2.75) is 38.5 Å². The molecule has 2 heterocycles. The maximum Gasteiger partial charge on any atom is 0.251 e. The van der Waals surface area contributed by atoms with Crippen molar-refractivity contribution < 1.29 is 9.53 Å². The normalized spacial score (nSPS) is 17.6. The van der Waals surface area contributed by atoms with Crippen LogP contribution >= 0.6 is 0 Å². The molecule has 0 saturated carbocycles. The minimum atomic E-state index is -0.331. The Hall–Kier alpha value is -3.22. The van der Waals surface area contributed by atoms with E-state index in [4.69, 9.17) is 4.74 Å². The Balaban J connectivity index is 1.49. The van der Waals surface area contributed by atoms with E-state index in [1.807, 2.05) is 62.4 Å². The first kappa shape index (κ1) is 17.2. The summed E-state index contributed by atoms with van der Waals surface area (Å²) in [6.45, 7) is 4.64. The highest BCUT2D eigenvalue weighted by Crippen LogP contribution is 2.39. The van der Waals surface area contributed by atoms with Crippen LogP contribution < -0.4 is 10.1 Å². The van der Waals surface area contributed by atoms with E-state index in [2.05, 4.69) is 20.8 Å². The van der Waals surface area contributed by atoms with Gasteiger partial charge in [-0.15, -0.1) is 5.10 Å². The zero-order valence-electron chi connectivity index (χ0n) is 15.3. The second kappa shape index (κ2) is 6.83. The van der Waals surface area contributed by atoms with E-state index in [1.54, 1.807) is 11.0 Å². The molecule has 7 nitrogen and oxygen atoms in total. The molecule has 1 N–H and O–H groups in total. The first-order valence-electron chi connectivity index (χ1n) is 8.89. The number of nitrogens with one attached hydrogen (secondary N) is 1. The number of ether oxygens (including phenoxy) is 1. The van der Waals surface area contributed by atoms with Crippen LogP contribution in [0.2, 0.25) is 0 Å². The average molecular weight is 363 g/mol. The van der Waals surface area contributed by atoms with E-state index in [0.717, 1.165) is 16.9 Å². The van der Waals surface area contributed by atoms with Gasteiger partial charge < -0.3 is 10.1 Å². The van der Waals surface area contributed by atoms with E-state index in [9.17, 15) is 4.79 Å². The molecule has 1 aliphatic rings. The smallest absolute Gasteiger partial charge is 0.251 e. The number of para-hydroxylation sites is 1. The average Bonchev–Trinajstić information content (AvgIpc) is 3.14. The number of nitrogens with zero attached hydrogens (tertiary/aromatic N) is 4. The van der Waals surface area contributed by atoms with Gasteiger partial charge in [0.05, 0.1) is 12.6 Å².